The summed E-state index contributed by atoms with van der Waals surface area (Å²) in [5.41, 5.74) is 2.19. The van der Waals surface area contributed by atoms with Gasteiger partial charge < -0.3 is 5.32 Å². The van der Waals surface area contributed by atoms with Crippen LogP contribution in [0.4, 0.5) is 5.82 Å². The summed E-state index contributed by atoms with van der Waals surface area (Å²) in [7, 11) is 0. The van der Waals surface area contributed by atoms with Crippen LogP contribution in [0.5, 0.6) is 0 Å². The van der Waals surface area contributed by atoms with Gasteiger partial charge in [-0.15, -0.1) is 0 Å². The molecule has 2 aromatic heterocycles. The summed E-state index contributed by atoms with van der Waals surface area (Å²) in [6.07, 6.45) is 6.18. The summed E-state index contributed by atoms with van der Waals surface area (Å²) < 4.78 is 0. The van der Waals surface area contributed by atoms with Crippen molar-refractivity contribution < 1.29 is 0 Å². The highest BCUT2D eigenvalue weighted by molar-refractivity contribution is 5.88. The second-order valence-corrected chi connectivity index (χ2v) is 6.20. The topological polar surface area (TPSA) is 53.9 Å². The van der Waals surface area contributed by atoms with Crippen molar-refractivity contribution in [3.63, 3.8) is 0 Å². The first-order valence-corrected chi connectivity index (χ1v) is 8.49. The summed E-state index contributed by atoms with van der Waals surface area (Å²) in [5, 5.41) is 4.54. The maximum absolute atomic E-state index is 4.80. The zero-order valence-electron chi connectivity index (χ0n) is 13.7. The van der Waals surface area contributed by atoms with Crippen molar-refractivity contribution in [2.24, 2.45) is 0 Å². The lowest BCUT2D eigenvalue weighted by Crippen LogP contribution is -2.20. The number of nitrogens with zero attached hydrogens (tertiary/aromatic N) is 4. The maximum Gasteiger partial charge on any atom is 0.145 e. The summed E-state index contributed by atoms with van der Waals surface area (Å²) in [5.74, 6) is 1.81. The third-order valence-electron chi connectivity index (χ3n) is 4.42. The van der Waals surface area contributed by atoms with Crippen LogP contribution in [0.25, 0.3) is 10.9 Å². The van der Waals surface area contributed by atoms with Crippen LogP contribution in [-0.4, -0.2) is 32.9 Å². The molecule has 0 radical (unpaired) electrons. The Labute approximate surface area is 141 Å². The van der Waals surface area contributed by atoms with Crippen LogP contribution >= 0.6 is 0 Å². The predicted octanol–water partition coefficient (Wildman–Crippen LogP) is 3.23. The number of aromatic nitrogens is 3. The van der Waals surface area contributed by atoms with Gasteiger partial charge in [-0.1, -0.05) is 12.1 Å². The first-order chi connectivity index (χ1) is 11.9. The summed E-state index contributed by atoms with van der Waals surface area (Å²) in [6, 6.07) is 12.2. The van der Waals surface area contributed by atoms with Gasteiger partial charge in [0.05, 0.1) is 12.1 Å². The van der Waals surface area contributed by atoms with Crippen molar-refractivity contribution in [3.8, 4) is 0 Å². The number of hydrogen-bond donors (Lipinski definition) is 1. The highest BCUT2D eigenvalue weighted by Gasteiger charge is 2.15. The van der Waals surface area contributed by atoms with Gasteiger partial charge in [0.2, 0.25) is 0 Å². The first-order valence-electron chi connectivity index (χ1n) is 8.49. The van der Waals surface area contributed by atoms with Gasteiger partial charge >= 0.3 is 0 Å². The van der Waals surface area contributed by atoms with Gasteiger partial charge in [0.1, 0.15) is 11.6 Å². The Hall–Kier alpha value is -2.53. The van der Waals surface area contributed by atoms with E-state index in [1.54, 1.807) is 0 Å². The van der Waals surface area contributed by atoms with E-state index in [0.29, 0.717) is 0 Å². The average molecular weight is 319 g/mol. The van der Waals surface area contributed by atoms with E-state index in [9.17, 15) is 0 Å². The van der Waals surface area contributed by atoms with E-state index in [1.807, 2.05) is 36.7 Å². The first kappa shape index (κ1) is 15.0. The smallest absolute Gasteiger partial charge is 0.145 e. The highest BCUT2D eigenvalue weighted by Crippen LogP contribution is 2.22. The Morgan fingerprint density at radius 2 is 1.75 bits per heavy atom. The Balaban J connectivity index is 1.61. The molecule has 0 atom stereocenters. The normalized spacial score (nSPS) is 15.0. The minimum atomic E-state index is 0.729. The SMILES string of the molecule is c1ccc2c(NCc3ccncc3)nc(CN3CCCC3)nc2c1. The molecule has 24 heavy (non-hydrogen) atoms. The third-order valence-corrected chi connectivity index (χ3v) is 4.42. The maximum atomic E-state index is 4.80. The van der Waals surface area contributed by atoms with Crippen molar-refractivity contribution >= 4 is 16.7 Å². The van der Waals surface area contributed by atoms with Crippen molar-refractivity contribution in [2.75, 3.05) is 18.4 Å². The van der Waals surface area contributed by atoms with Gasteiger partial charge in [-0.2, -0.15) is 0 Å². The lowest BCUT2D eigenvalue weighted by Gasteiger charge is -2.15. The number of para-hydroxylation sites is 1. The van der Waals surface area contributed by atoms with E-state index in [1.165, 1.54) is 18.4 Å². The Kier molecular flexibility index (Phi) is 4.34. The highest BCUT2D eigenvalue weighted by atomic mass is 15.2. The molecule has 4 rings (SSSR count). The molecule has 0 saturated carbocycles. The van der Waals surface area contributed by atoms with E-state index in [-0.39, 0.29) is 0 Å². The van der Waals surface area contributed by atoms with Crippen LogP contribution in [-0.2, 0) is 13.1 Å². The van der Waals surface area contributed by atoms with Gasteiger partial charge in [-0.25, -0.2) is 9.97 Å². The minimum absolute atomic E-state index is 0.729. The molecular formula is C19H21N5. The van der Waals surface area contributed by atoms with Crippen LogP contribution in [0.1, 0.15) is 24.2 Å². The van der Waals surface area contributed by atoms with Crippen LogP contribution in [0.3, 0.4) is 0 Å². The van der Waals surface area contributed by atoms with Gasteiger partial charge in [-0.3, -0.25) is 9.88 Å². The molecule has 0 unspecified atom stereocenters. The van der Waals surface area contributed by atoms with Crippen LogP contribution in [0.15, 0.2) is 48.8 Å². The molecule has 3 heterocycles. The molecule has 1 N–H and O–H groups in total. The molecule has 5 nitrogen and oxygen atoms in total. The van der Waals surface area contributed by atoms with Gasteiger partial charge in [0, 0.05) is 24.3 Å². The summed E-state index contributed by atoms with van der Waals surface area (Å²) >= 11 is 0. The Morgan fingerprint density at radius 1 is 0.958 bits per heavy atom. The van der Waals surface area contributed by atoms with Gasteiger partial charge in [0.25, 0.3) is 0 Å². The van der Waals surface area contributed by atoms with Crippen molar-refractivity contribution in [2.45, 2.75) is 25.9 Å². The summed E-state index contributed by atoms with van der Waals surface area (Å²) in [6.45, 7) is 3.85. The van der Waals surface area contributed by atoms with E-state index >= 15 is 0 Å². The molecule has 1 saturated heterocycles. The minimum Gasteiger partial charge on any atom is -0.365 e. The molecule has 1 aromatic carbocycles. The molecule has 5 heteroatoms. The largest absolute Gasteiger partial charge is 0.365 e. The van der Waals surface area contributed by atoms with Gasteiger partial charge in [0.15, 0.2) is 0 Å². The molecule has 1 fully saturated rings. The fraction of sp³-hybridized carbons (Fsp3) is 0.316. The molecule has 3 aromatic rings. The van der Waals surface area contributed by atoms with Gasteiger partial charge in [-0.05, 0) is 55.8 Å². The number of benzene rings is 1. The average Bonchev–Trinajstić information content (AvgIpc) is 3.13. The number of pyridine rings is 1. The zero-order valence-corrected chi connectivity index (χ0v) is 13.7. The standard InChI is InChI=1S/C19H21N5/c1-2-6-17-16(5-1)19(21-13-15-7-9-20-10-8-15)23-18(22-17)14-24-11-3-4-12-24/h1-2,5-10H,3-4,11-14H2,(H,21,22,23). The lowest BCUT2D eigenvalue weighted by molar-refractivity contribution is 0.323. The van der Waals surface area contributed by atoms with Crippen LogP contribution < -0.4 is 5.32 Å². The molecular weight excluding hydrogens is 298 g/mol. The Bertz CT molecular complexity index is 812. The monoisotopic (exact) mass is 319 g/mol. The second kappa shape index (κ2) is 6.93. The molecule has 1 aliphatic rings. The second-order valence-electron chi connectivity index (χ2n) is 6.20. The molecule has 122 valence electrons. The van der Waals surface area contributed by atoms with E-state index in [0.717, 1.165) is 48.7 Å². The van der Waals surface area contributed by atoms with Crippen molar-refractivity contribution in [3.05, 3.63) is 60.2 Å². The quantitative estimate of drug-likeness (QED) is 0.782. The molecule has 1 aliphatic heterocycles. The van der Waals surface area contributed by atoms with Crippen molar-refractivity contribution in [1.82, 2.24) is 19.9 Å². The predicted molar refractivity (Wildman–Crippen MR) is 95.6 cm³/mol. The van der Waals surface area contributed by atoms with E-state index in [2.05, 4.69) is 27.3 Å². The third kappa shape index (κ3) is 3.36. The van der Waals surface area contributed by atoms with Crippen molar-refractivity contribution in [1.29, 1.82) is 0 Å². The fourth-order valence-corrected chi connectivity index (χ4v) is 3.16. The summed E-state index contributed by atoms with van der Waals surface area (Å²) in [4.78, 5) is 16.0. The van der Waals surface area contributed by atoms with Crippen LogP contribution in [0.2, 0.25) is 0 Å². The number of hydrogen-bond acceptors (Lipinski definition) is 5. The van der Waals surface area contributed by atoms with Crippen LogP contribution in [0, 0.1) is 0 Å². The lowest BCUT2D eigenvalue weighted by atomic mass is 10.2. The molecule has 0 bridgehead atoms. The molecule has 0 amide bonds. The zero-order chi connectivity index (χ0) is 16.2. The van der Waals surface area contributed by atoms with E-state index in [4.69, 9.17) is 9.97 Å². The molecule has 0 aliphatic carbocycles. The van der Waals surface area contributed by atoms with E-state index < -0.39 is 0 Å². The Morgan fingerprint density at radius 3 is 2.58 bits per heavy atom. The molecule has 0 spiro atoms. The number of rotatable bonds is 5. The number of fused-ring (bicyclic) bond motifs is 1. The number of likely N-dealkylation sites (tertiary alicyclic amines) is 1. The number of nitrogens with one attached hydrogen (secondary N) is 1. The fourth-order valence-electron chi connectivity index (χ4n) is 3.16. The number of anilines is 1.